The van der Waals surface area contributed by atoms with Gasteiger partial charge in [-0.3, -0.25) is 16.1 Å². The van der Waals surface area contributed by atoms with Crippen LogP contribution in [0.15, 0.2) is 48.5 Å². The van der Waals surface area contributed by atoms with Gasteiger partial charge in [0, 0.05) is 9.26 Å². The molecule has 0 aromatic heterocycles. The highest BCUT2D eigenvalue weighted by atomic mass is 127. The lowest BCUT2D eigenvalue weighted by Gasteiger charge is -2.15. The predicted octanol–water partition coefficient (Wildman–Crippen LogP) is 6.01. The van der Waals surface area contributed by atoms with Crippen LogP contribution in [-0.4, -0.2) is 18.5 Å². The summed E-state index contributed by atoms with van der Waals surface area (Å²) in [5, 5.41) is 24.7. The second-order valence-corrected chi connectivity index (χ2v) is 7.99. The number of guanidine groups is 2. The summed E-state index contributed by atoms with van der Waals surface area (Å²) in [5.41, 5.74) is 1.50. The average molecular weight is 507 g/mol. The first-order chi connectivity index (χ1) is 14.1. The molecular weight excluding hydrogens is 477 g/mol. The van der Waals surface area contributed by atoms with Gasteiger partial charge in [0.25, 0.3) is 0 Å². The Bertz CT molecular complexity index is 779. The van der Waals surface area contributed by atoms with E-state index in [1.165, 1.54) is 32.1 Å². The summed E-state index contributed by atoms with van der Waals surface area (Å²) in [6.45, 7) is 2.88. The summed E-state index contributed by atoms with van der Waals surface area (Å²) < 4.78 is 7.02. The van der Waals surface area contributed by atoms with Crippen molar-refractivity contribution in [3.8, 4) is 5.75 Å². The highest BCUT2D eigenvalue weighted by Gasteiger charge is 2.07. The van der Waals surface area contributed by atoms with E-state index in [9.17, 15) is 0 Å². The van der Waals surface area contributed by atoms with Gasteiger partial charge in [-0.15, -0.1) is 0 Å². The van der Waals surface area contributed by atoms with Gasteiger partial charge in [0.1, 0.15) is 5.75 Å². The molecule has 7 heteroatoms. The molecule has 0 heterocycles. The van der Waals surface area contributed by atoms with Crippen LogP contribution < -0.4 is 20.7 Å². The number of nitrogens with one attached hydrogen (secondary N) is 5. The van der Waals surface area contributed by atoms with Gasteiger partial charge in [-0.2, -0.15) is 0 Å². The molecule has 5 N–H and O–H groups in total. The molecule has 0 aliphatic rings. The molecule has 0 saturated heterocycles. The minimum Gasteiger partial charge on any atom is -0.491 e. The molecule has 2 rings (SSSR count). The maximum absolute atomic E-state index is 8.10. The molecule has 29 heavy (non-hydrogen) atoms. The lowest BCUT2D eigenvalue weighted by Crippen LogP contribution is -2.38. The van der Waals surface area contributed by atoms with Crippen molar-refractivity contribution in [1.29, 1.82) is 10.8 Å². The van der Waals surface area contributed by atoms with Crippen molar-refractivity contribution in [2.75, 3.05) is 17.2 Å². The highest BCUT2D eigenvalue weighted by Crippen LogP contribution is 2.24. The van der Waals surface area contributed by atoms with Crippen molar-refractivity contribution >= 4 is 45.9 Å². The number of unbranched alkanes of at least 4 members (excludes halogenated alkanes) is 5. The molecule has 0 amide bonds. The standard InChI is InChI=1S/C22H30IN5O/c1-2-3-4-5-6-9-16-29-20-11-8-7-10-19(20)27-22(25)28-21(24)26-18-14-12-17(23)13-15-18/h7-8,10-15H,2-6,9,16H2,1H3,(H5,24,25,26,27,28). The van der Waals surface area contributed by atoms with E-state index in [-0.39, 0.29) is 11.9 Å². The Balaban J connectivity index is 1.77. The van der Waals surface area contributed by atoms with Crippen molar-refractivity contribution in [3.05, 3.63) is 52.1 Å². The third-order valence-electron chi connectivity index (χ3n) is 4.27. The summed E-state index contributed by atoms with van der Waals surface area (Å²) in [7, 11) is 0. The minimum atomic E-state index is 0.00336. The number of hydrogen-bond donors (Lipinski definition) is 5. The Labute approximate surface area is 187 Å². The van der Waals surface area contributed by atoms with Crippen LogP contribution in [0.1, 0.15) is 45.4 Å². The monoisotopic (exact) mass is 507 g/mol. The predicted molar refractivity (Wildman–Crippen MR) is 130 cm³/mol. The largest absolute Gasteiger partial charge is 0.491 e. The molecule has 6 nitrogen and oxygen atoms in total. The average Bonchev–Trinajstić information content (AvgIpc) is 2.70. The van der Waals surface area contributed by atoms with E-state index in [0.717, 1.165) is 15.7 Å². The quantitative estimate of drug-likeness (QED) is 0.118. The second kappa shape index (κ2) is 13.0. The fourth-order valence-electron chi connectivity index (χ4n) is 2.76. The van der Waals surface area contributed by atoms with Crippen LogP contribution in [0.25, 0.3) is 0 Å². The SMILES string of the molecule is CCCCCCCCOc1ccccc1NC(=N)NC(=N)Nc1ccc(I)cc1. The number of para-hydroxylation sites is 2. The van der Waals surface area contributed by atoms with Gasteiger partial charge in [-0.05, 0) is 65.4 Å². The topological polar surface area (TPSA) is 93.0 Å². The summed E-state index contributed by atoms with van der Waals surface area (Å²) in [5.74, 6) is 0.738. The summed E-state index contributed by atoms with van der Waals surface area (Å²) in [4.78, 5) is 0. The van der Waals surface area contributed by atoms with E-state index in [0.29, 0.717) is 18.0 Å². The third kappa shape index (κ3) is 9.17. The van der Waals surface area contributed by atoms with Crippen molar-refractivity contribution in [1.82, 2.24) is 5.32 Å². The van der Waals surface area contributed by atoms with Gasteiger partial charge >= 0.3 is 0 Å². The van der Waals surface area contributed by atoms with Crippen molar-refractivity contribution in [2.45, 2.75) is 45.4 Å². The molecule has 0 fully saturated rings. The Morgan fingerprint density at radius 1 is 0.862 bits per heavy atom. The number of rotatable bonds is 10. The molecule has 0 aliphatic carbocycles. The van der Waals surface area contributed by atoms with E-state index in [4.69, 9.17) is 15.6 Å². The lowest BCUT2D eigenvalue weighted by molar-refractivity contribution is 0.306. The first-order valence-corrected chi connectivity index (χ1v) is 11.1. The van der Waals surface area contributed by atoms with Crippen LogP contribution in [0.2, 0.25) is 0 Å². The van der Waals surface area contributed by atoms with Gasteiger partial charge in [-0.1, -0.05) is 51.2 Å². The first-order valence-electron chi connectivity index (χ1n) is 10.0. The van der Waals surface area contributed by atoms with E-state index in [1.807, 2.05) is 48.5 Å². The maximum Gasteiger partial charge on any atom is 0.199 e. The highest BCUT2D eigenvalue weighted by molar-refractivity contribution is 14.1. The van der Waals surface area contributed by atoms with Crippen molar-refractivity contribution in [2.24, 2.45) is 0 Å². The molecule has 0 saturated carbocycles. The molecule has 0 aliphatic heterocycles. The molecule has 2 aromatic carbocycles. The van der Waals surface area contributed by atoms with Crippen LogP contribution in [0, 0.1) is 14.4 Å². The lowest BCUT2D eigenvalue weighted by atomic mass is 10.1. The van der Waals surface area contributed by atoms with E-state index in [1.54, 1.807) is 0 Å². The van der Waals surface area contributed by atoms with Gasteiger partial charge in [0.2, 0.25) is 0 Å². The van der Waals surface area contributed by atoms with E-state index < -0.39 is 0 Å². The van der Waals surface area contributed by atoms with Crippen molar-refractivity contribution in [3.63, 3.8) is 0 Å². The van der Waals surface area contributed by atoms with Crippen LogP contribution in [0.5, 0.6) is 5.75 Å². The van der Waals surface area contributed by atoms with Crippen LogP contribution in [-0.2, 0) is 0 Å². The second-order valence-electron chi connectivity index (χ2n) is 6.74. The molecule has 156 valence electrons. The van der Waals surface area contributed by atoms with E-state index in [2.05, 4.69) is 45.5 Å². The number of benzene rings is 2. The fourth-order valence-corrected chi connectivity index (χ4v) is 3.12. The smallest absolute Gasteiger partial charge is 0.199 e. The summed E-state index contributed by atoms with van der Waals surface area (Å²) in [6, 6.07) is 15.3. The van der Waals surface area contributed by atoms with E-state index >= 15 is 0 Å². The summed E-state index contributed by atoms with van der Waals surface area (Å²) in [6.07, 6.45) is 7.30. The summed E-state index contributed by atoms with van der Waals surface area (Å²) >= 11 is 2.23. The Hall–Kier alpha value is -2.29. The molecule has 0 atom stereocenters. The number of halogens is 1. The molecule has 0 unspecified atom stereocenters. The maximum atomic E-state index is 8.10. The van der Waals surface area contributed by atoms with Gasteiger partial charge in [-0.25, -0.2) is 0 Å². The van der Waals surface area contributed by atoms with Crippen LogP contribution >= 0.6 is 22.6 Å². The third-order valence-corrected chi connectivity index (χ3v) is 4.98. The fraction of sp³-hybridized carbons (Fsp3) is 0.364. The number of hydrogen-bond acceptors (Lipinski definition) is 3. The van der Waals surface area contributed by atoms with Crippen LogP contribution in [0.4, 0.5) is 11.4 Å². The minimum absolute atomic E-state index is 0.00336. The number of ether oxygens (including phenoxy) is 1. The normalized spacial score (nSPS) is 10.3. The zero-order valence-corrected chi connectivity index (χ0v) is 19.0. The van der Waals surface area contributed by atoms with Gasteiger partial charge in [0.15, 0.2) is 11.9 Å². The first kappa shape index (κ1) is 23.0. The number of anilines is 2. The van der Waals surface area contributed by atoms with Crippen molar-refractivity contribution < 1.29 is 4.74 Å². The molecule has 0 spiro atoms. The Kier molecular flexibility index (Phi) is 10.3. The van der Waals surface area contributed by atoms with Gasteiger partial charge < -0.3 is 15.4 Å². The zero-order valence-electron chi connectivity index (χ0n) is 16.9. The molecule has 0 bridgehead atoms. The molecule has 0 radical (unpaired) electrons. The molecular formula is C22H30IN5O. The molecule has 2 aromatic rings. The Morgan fingerprint density at radius 3 is 2.28 bits per heavy atom. The van der Waals surface area contributed by atoms with Crippen LogP contribution in [0.3, 0.4) is 0 Å². The Morgan fingerprint density at radius 2 is 1.52 bits per heavy atom. The zero-order chi connectivity index (χ0) is 20.9. The van der Waals surface area contributed by atoms with Gasteiger partial charge in [0.05, 0.1) is 12.3 Å².